The highest BCUT2D eigenvalue weighted by atomic mass is 35.5. The molecule has 0 bridgehead atoms. The minimum atomic E-state index is -3.84. The van der Waals surface area contributed by atoms with Gasteiger partial charge in [-0.1, -0.05) is 107 Å². The molecule has 0 saturated heterocycles. The van der Waals surface area contributed by atoms with Gasteiger partial charge in [-0.05, 0) is 75.3 Å². The predicted molar refractivity (Wildman–Crippen MR) is 176 cm³/mol. The molecule has 0 aliphatic carbocycles. The molecule has 0 fully saturated rings. The highest BCUT2D eigenvalue weighted by Gasteiger charge is 2.28. The Balaban J connectivity index is 1.33. The lowest BCUT2D eigenvalue weighted by molar-refractivity contribution is 0.0946. The van der Waals surface area contributed by atoms with E-state index in [0.29, 0.717) is 6.54 Å². The van der Waals surface area contributed by atoms with E-state index in [-0.39, 0.29) is 27.4 Å². The van der Waals surface area contributed by atoms with Crippen LogP contribution in [0, 0.1) is 0 Å². The van der Waals surface area contributed by atoms with Crippen LogP contribution in [0.1, 0.15) is 120 Å². The van der Waals surface area contributed by atoms with E-state index >= 15 is 0 Å². The lowest BCUT2D eigenvalue weighted by atomic mass is 10.1. The molecule has 1 aliphatic rings. The van der Waals surface area contributed by atoms with Crippen molar-refractivity contribution < 1.29 is 13.2 Å². The summed E-state index contributed by atoms with van der Waals surface area (Å²) in [6.45, 7) is 4.64. The van der Waals surface area contributed by atoms with E-state index in [1.165, 1.54) is 81.9 Å². The van der Waals surface area contributed by atoms with Crippen LogP contribution in [-0.2, 0) is 16.4 Å². The van der Waals surface area contributed by atoms with Gasteiger partial charge in [-0.2, -0.15) is 0 Å². The highest BCUT2D eigenvalue weighted by molar-refractivity contribution is 7.89. The van der Waals surface area contributed by atoms with Crippen LogP contribution >= 0.6 is 11.6 Å². The summed E-state index contributed by atoms with van der Waals surface area (Å²) in [6.07, 6.45) is 22.4. The topological polar surface area (TPSA) is 78.5 Å². The maximum Gasteiger partial charge on any atom is 0.269 e. The lowest BCUT2D eigenvalue weighted by Crippen LogP contribution is -2.45. The maximum absolute atomic E-state index is 13.1. The molecule has 3 rings (SSSR count). The lowest BCUT2D eigenvalue weighted by Gasteiger charge is -2.25. The molecule has 1 aliphatic heterocycles. The minimum Gasteiger partial charge on any atom is -0.282 e. The van der Waals surface area contributed by atoms with Gasteiger partial charge in [0.1, 0.15) is 4.90 Å². The van der Waals surface area contributed by atoms with Gasteiger partial charge in [-0.3, -0.25) is 15.2 Å². The van der Waals surface area contributed by atoms with E-state index in [2.05, 4.69) is 29.2 Å². The Morgan fingerprint density at radius 1 is 0.905 bits per heavy atom. The molecule has 232 valence electrons. The molecule has 8 heteroatoms. The van der Waals surface area contributed by atoms with Crippen molar-refractivity contribution in [1.29, 1.82) is 0 Å². The Kier molecular flexibility index (Phi) is 14.9. The zero-order chi connectivity index (χ0) is 30.2. The molecular weight excluding hydrogens is 566 g/mol. The number of unbranched alkanes of at least 4 members (excludes halogenated alkanes) is 12. The number of nitrogens with zero attached hydrogens (tertiary/aromatic N) is 1. The number of fused-ring (bicyclic) bond motifs is 1. The summed E-state index contributed by atoms with van der Waals surface area (Å²) in [5, 5.41) is 1.94. The van der Waals surface area contributed by atoms with Gasteiger partial charge in [0.2, 0.25) is 10.0 Å². The minimum absolute atomic E-state index is 0.0729. The molecule has 1 unspecified atom stereocenters. The first-order valence-electron chi connectivity index (χ1n) is 16.0. The van der Waals surface area contributed by atoms with E-state index < -0.39 is 10.0 Å². The van der Waals surface area contributed by atoms with Crippen LogP contribution in [0.25, 0.3) is 0 Å². The third-order valence-corrected chi connectivity index (χ3v) is 9.84. The van der Waals surface area contributed by atoms with Crippen molar-refractivity contribution in [2.24, 2.45) is 0 Å². The number of hydrogen-bond acceptors (Lipinski definition) is 4. The van der Waals surface area contributed by atoms with Gasteiger partial charge in [0, 0.05) is 12.1 Å². The van der Waals surface area contributed by atoms with Gasteiger partial charge in [0.25, 0.3) is 5.91 Å². The number of para-hydroxylation sites is 1. The molecule has 2 aromatic rings. The normalized spacial score (nSPS) is 14.9. The second kappa shape index (κ2) is 18.3. The highest BCUT2D eigenvalue weighted by Crippen LogP contribution is 2.30. The number of allylic oxidation sites excluding steroid dienone is 2. The molecule has 2 aromatic carbocycles. The Bertz CT molecular complexity index is 1250. The second-order valence-electron chi connectivity index (χ2n) is 11.5. The summed E-state index contributed by atoms with van der Waals surface area (Å²) < 4.78 is 28.7. The summed E-state index contributed by atoms with van der Waals surface area (Å²) in [4.78, 5) is 13.0. The quantitative estimate of drug-likeness (QED) is 0.115. The fourth-order valence-corrected chi connectivity index (χ4v) is 7.01. The molecule has 1 atom stereocenters. The Morgan fingerprint density at radius 3 is 2.21 bits per heavy atom. The van der Waals surface area contributed by atoms with Crippen LogP contribution in [0.15, 0.2) is 59.5 Å². The number of halogens is 1. The fraction of sp³-hybridized carbons (Fsp3) is 0.559. The average Bonchev–Trinajstić information content (AvgIpc) is 3.29. The molecule has 0 radical (unpaired) electrons. The van der Waals surface area contributed by atoms with Crippen LogP contribution < -0.4 is 15.2 Å². The molecule has 1 amide bonds. The van der Waals surface area contributed by atoms with Gasteiger partial charge >= 0.3 is 0 Å². The van der Waals surface area contributed by atoms with E-state index in [1.807, 2.05) is 36.2 Å². The van der Waals surface area contributed by atoms with E-state index in [1.54, 1.807) is 6.07 Å². The second-order valence-corrected chi connectivity index (χ2v) is 13.6. The Hall–Kier alpha value is -2.35. The molecule has 0 spiro atoms. The standard InChI is InChI=1S/C34H50ClN3O3S/c1-3-4-5-6-7-8-9-10-11-12-13-14-15-16-17-20-25-36-42(40,41)33-27-30(23-24-31(33)35)34(39)37-38-28(2)26-29-21-18-19-22-32(29)38/h10-11,18-19,21-24,27-28,36H,3-9,12-17,20,25-26H2,1-2H3,(H,37,39)/b11-10-. The van der Waals surface area contributed by atoms with E-state index in [9.17, 15) is 13.2 Å². The molecular formula is C34H50ClN3O3S. The zero-order valence-corrected chi connectivity index (χ0v) is 27.1. The van der Waals surface area contributed by atoms with Gasteiger partial charge in [-0.25, -0.2) is 13.1 Å². The number of hydrogen-bond donors (Lipinski definition) is 2. The molecule has 0 saturated carbocycles. The Labute approximate surface area is 259 Å². The van der Waals surface area contributed by atoms with Crippen molar-refractivity contribution in [3.05, 3.63) is 70.8 Å². The molecule has 42 heavy (non-hydrogen) atoms. The summed E-state index contributed by atoms with van der Waals surface area (Å²) in [5.74, 6) is -0.375. The smallest absolute Gasteiger partial charge is 0.269 e. The third kappa shape index (κ3) is 11.1. The predicted octanol–water partition coefficient (Wildman–Crippen LogP) is 8.75. The number of carbonyl (C=O) groups is 1. The van der Waals surface area contributed by atoms with Crippen LogP contribution in [0.3, 0.4) is 0 Å². The van der Waals surface area contributed by atoms with Gasteiger partial charge in [-0.15, -0.1) is 0 Å². The van der Waals surface area contributed by atoms with Gasteiger partial charge < -0.3 is 0 Å². The number of carbonyl (C=O) groups excluding carboxylic acids is 1. The van der Waals surface area contributed by atoms with Crippen LogP contribution in [0.4, 0.5) is 5.69 Å². The fourth-order valence-electron chi connectivity index (χ4n) is 5.42. The molecule has 2 N–H and O–H groups in total. The third-order valence-electron chi connectivity index (χ3n) is 7.89. The summed E-state index contributed by atoms with van der Waals surface area (Å²) in [7, 11) is -3.84. The summed E-state index contributed by atoms with van der Waals surface area (Å²) >= 11 is 6.26. The molecule has 6 nitrogen and oxygen atoms in total. The van der Waals surface area contributed by atoms with Crippen molar-refractivity contribution in [2.75, 3.05) is 11.6 Å². The zero-order valence-electron chi connectivity index (χ0n) is 25.5. The number of amides is 1. The van der Waals surface area contributed by atoms with Crippen LogP contribution in [0.5, 0.6) is 0 Å². The Morgan fingerprint density at radius 2 is 1.52 bits per heavy atom. The first-order valence-corrected chi connectivity index (χ1v) is 17.8. The number of rotatable bonds is 20. The van der Waals surface area contributed by atoms with Gasteiger partial charge in [0.05, 0.1) is 16.8 Å². The van der Waals surface area contributed by atoms with E-state index in [0.717, 1.165) is 37.8 Å². The first-order chi connectivity index (χ1) is 20.3. The maximum atomic E-state index is 13.1. The molecule has 0 aromatic heterocycles. The van der Waals surface area contributed by atoms with Crippen LogP contribution in [-0.4, -0.2) is 26.9 Å². The monoisotopic (exact) mass is 615 g/mol. The van der Waals surface area contributed by atoms with Crippen molar-refractivity contribution in [3.63, 3.8) is 0 Å². The van der Waals surface area contributed by atoms with Crippen molar-refractivity contribution in [1.82, 2.24) is 10.1 Å². The first kappa shape index (κ1) is 34.1. The summed E-state index contributed by atoms with van der Waals surface area (Å²) in [5.41, 5.74) is 5.30. The van der Waals surface area contributed by atoms with E-state index in [4.69, 9.17) is 11.6 Å². The SMILES string of the molecule is CCCCCCCC/C=C\CCCCCCCCNS(=O)(=O)c1cc(C(=O)NN2c3ccccc3CC2C)ccc1Cl. The van der Waals surface area contributed by atoms with Crippen LogP contribution in [0.2, 0.25) is 5.02 Å². The number of nitrogens with one attached hydrogen (secondary N) is 2. The average molecular weight is 616 g/mol. The number of hydrazine groups is 1. The van der Waals surface area contributed by atoms with Crippen molar-refractivity contribution in [3.8, 4) is 0 Å². The van der Waals surface area contributed by atoms with Crippen molar-refractivity contribution in [2.45, 2.75) is 121 Å². The number of benzene rings is 2. The number of anilines is 1. The van der Waals surface area contributed by atoms with Crippen molar-refractivity contribution >= 4 is 33.2 Å². The summed E-state index contributed by atoms with van der Waals surface area (Å²) in [6, 6.07) is 12.4. The van der Waals surface area contributed by atoms with Gasteiger partial charge in [0.15, 0.2) is 0 Å². The number of sulfonamides is 1. The molecule has 1 heterocycles. The largest absolute Gasteiger partial charge is 0.282 e.